The van der Waals surface area contributed by atoms with E-state index in [1.807, 2.05) is 26.0 Å². The number of aliphatic hydroxyl groups excluding tert-OH is 1. The zero-order valence-electron chi connectivity index (χ0n) is 10.9. The maximum absolute atomic E-state index is 11.5. The number of nitrogens with one attached hydrogen (secondary N) is 2. The molecule has 6 heteroatoms. The van der Waals surface area contributed by atoms with Crippen LogP contribution in [-0.2, 0) is 4.79 Å². The molecule has 19 heavy (non-hydrogen) atoms. The maximum atomic E-state index is 11.5. The maximum Gasteiger partial charge on any atom is 0.332 e. The number of hydrogen-bond acceptors (Lipinski definition) is 3. The molecule has 2 amide bonds. The SMILES string of the molecule is Cc1ccc(NC(=O)NCC[C@H](O)C(=O)O)c(C)c1. The smallest absolute Gasteiger partial charge is 0.332 e. The number of benzene rings is 1. The molecule has 1 rings (SSSR count). The van der Waals surface area contributed by atoms with Crippen LogP contribution >= 0.6 is 0 Å². The van der Waals surface area contributed by atoms with Crippen molar-refractivity contribution in [3.8, 4) is 0 Å². The molecule has 0 fully saturated rings. The molecule has 0 aromatic heterocycles. The third-order valence-corrected chi connectivity index (χ3v) is 2.62. The van der Waals surface area contributed by atoms with E-state index in [4.69, 9.17) is 10.2 Å². The highest BCUT2D eigenvalue weighted by molar-refractivity contribution is 5.90. The van der Waals surface area contributed by atoms with E-state index < -0.39 is 18.1 Å². The molecule has 0 aliphatic rings. The second-order valence-corrected chi connectivity index (χ2v) is 4.34. The first-order valence-electron chi connectivity index (χ1n) is 5.93. The van der Waals surface area contributed by atoms with Crippen LogP contribution in [0.4, 0.5) is 10.5 Å². The minimum Gasteiger partial charge on any atom is -0.479 e. The van der Waals surface area contributed by atoms with E-state index in [-0.39, 0.29) is 13.0 Å². The van der Waals surface area contributed by atoms with Gasteiger partial charge in [0.15, 0.2) is 6.10 Å². The Balaban J connectivity index is 2.41. The monoisotopic (exact) mass is 266 g/mol. The molecule has 6 nitrogen and oxygen atoms in total. The van der Waals surface area contributed by atoms with Gasteiger partial charge in [0.2, 0.25) is 0 Å². The summed E-state index contributed by atoms with van der Waals surface area (Å²) in [5.74, 6) is -1.29. The number of aliphatic carboxylic acids is 1. The van der Waals surface area contributed by atoms with Gasteiger partial charge < -0.3 is 20.8 Å². The number of carbonyl (C=O) groups excluding carboxylic acids is 1. The fraction of sp³-hybridized carbons (Fsp3) is 0.385. The third kappa shape index (κ3) is 4.97. The van der Waals surface area contributed by atoms with Crippen molar-refractivity contribution < 1.29 is 19.8 Å². The van der Waals surface area contributed by atoms with Gasteiger partial charge >= 0.3 is 12.0 Å². The van der Waals surface area contributed by atoms with Crippen molar-refractivity contribution in [2.24, 2.45) is 0 Å². The molecule has 4 N–H and O–H groups in total. The molecule has 0 bridgehead atoms. The molecular formula is C13H18N2O4. The molecule has 0 aliphatic heterocycles. The van der Waals surface area contributed by atoms with Gasteiger partial charge in [0.25, 0.3) is 0 Å². The summed E-state index contributed by atoms with van der Waals surface area (Å²) in [7, 11) is 0. The van der Waals surface area contributed by atoms with Gasteiger partial charge in [-0.1, -0.05) is 17.7 Å². The average molecular weight is 266 g/mol. The number of aliphatic hydroxyl groups is 1. The fourth-order valence-corrected chi connectivity index (χ4v) is 1.57. The van der Waals surface area contributed by atoms with Crippen molar-refractivity contribution >= 4 is 17.7 Å². The van der Waals surface area contributed by atoms with Crippen LogP contribution in [0.3, 0.4) is 0 Å². The van der Waals surface area contributed by atoms with Crippen LogP contribution < -0.4 is 10.6 Å². The number of rotatable bonds is 5. The Morgan fingerprint density at radius 3 is 2.58 bits per heavy atom. The van der Waals surface area contributed by atoms with Crippen LogP contribution in [0.5, 0.6) is 0 Å². The third-order valence-electron chi connectivity index (χ3n) is 2.62. The van der Waals surface area contributed by atoms with Gasteiger partial charge in [0.05, 0.1) is 0 Å². The first-order valence-corrected chi connectivity index (χ1v) is 5.93. The second kappa shape index (κ2) is 6.75. The van der Waals surface area contributed by atoms with E-state index >= 15 is 0 Å². The first kappa shape index (κ1) is 15.0. The Kier molecular flexibility index (Phi) is 5.32. The van der Waals surface area contributed by atoms with E-state index in [0.717, 1.165) is 11.1 Å². The summed E-state index contributed by atoms with van der Waals surface area (Å²) in [6, 6.07) is 5.21. The standard InChI is InChI=1S/C13H18N2O4/c1-8-3-4-10(9(2)7-8)15-13(19)14-6-5-11(16)12(17)18/h3-4,7,11,16H,5-6H2,1-2H3,(H,17,18)(H2,14,15,19)/t11-/m0/s1. The highest BCUT2D eigenvalue weighted by atomic mass is 16.4. The van der Waals surface area contributed by atoms with Gasteiger partial charge in [0.1, 0.15) is 0 Å². The van der Waals surface area contributed by atoms with Crippen LogP contribution in [0.25, 0.3) is 0 Å². The second-order valence-electron chi connectivity index (χ2n) is 4.34. The van der Waals surface area contributed by atoms with Crippen molar-refractivity contribution in [3.63, 3.8) is 0 Å². The summed E-state index contributed by atoms with van der Waals surface area (Å²) < 4.78 is 0. The number of carboxylic acids is 1. The normalized spacial score (nSPS) is 11.7. The average Bonchev–Trinajstić information content (AvgIpc) is 2.32. The molecule has 104 valence electrons. The summed E-state index contributed by atoms with van der Waals surface area (Å²) in [5.41, 5.74) is 2.75. The fourth-order valence-electron chi connectivity index (χ4n) is 1.57. The zero-order chi connectivity index (χ0) is 14.4. The number of urea groups is 1. The van der Waals surface area contributed by atoms with Crippen molar-refractivity contribution in [3.05, 3.63) is 29.3 Å². The predicted octanol–water partition coefficient (Wildman–Crippen LogP) is 1.26. The van der Waals surface area contributed by atoms with E-state index in [1.165, 1.54) is 0 Å². The predicted molar refractivity (Wildman–Crippen MR) is 71.2 cm³/mol. The molecule has 0 heterocycles. The Morgan fingerprint density at radius 2 is 2.00 bits per heavy atom. The lowest BCUT2D eigenvalue weighted by molar-refractivity contribution is -0.146. The van der Waals surface area contributed by atoms with Crippen LogP contribution in [0.1, 0.15) is 17.5 Å². The van der Waals surface area contributed by atoms with Crippen LogP contribution in [0.15, 0.2) is 18.2 Å². The molecule has 0 saturated carbocycles. The Hall–Kier alpha value is -2.08. The highest BCUT2D eigenvalue weighted by Crippen LogP contribution is 2.15. The van der Waals surface area contributed by atoms with E-state index in [1.54, 1.807) is 6.07 Å². The van der Waals surface area contributed by atoms with E-state index in [2.05, 4.69) is 10.6 Å². The number of carboxylic acid groups (broad SMARTS) is 1. The molecule has 0 radical (unpaired) electrons. The van der Waals surface area contributed by atoms with Gasteiger partial charge in [-0.15, -0.1) is 0 Å². The molecule has 1 atom stereocenters. The van der Waals surface area contributed by atoms with Crippen molar-refractivity contribution in [2.45, 2.75) is 26.4 Å². The van der Waals surface area contributed by atoms with Crippen molar-refractivity contribution in [1.82, 2.24) is 5.32 Å². The lowest BCUT2D eigenvalue weighted by Crippen LogP contribution is -2.33. The quantitative estimate of drug-likeness (QED) is 0.644. The van der Waals surface area contributed by atoms with Gasteiger partial charge in [0, 0.05) is 18.7 Å². The van der Waals surface area contributed by atoms with Crippen molar-refractivity contribution in [1.29, 1.82) is 0 Å². The molecule has 1 aromatic carbocycles. The van der Waals surface area contributed by atoms with Gasteiger partial charge in [-0.25, -0.2) is 9.59 Å². The zero-order valence-corrected chi connectivity index (χ0v) is 10.9. The van der Waals surface area contributed by atoms with Gasteiger partial charge in [-0.05, 0) is 25.5 Å². The van der Waals surface area contributed by atoms with Gasteiger partial charge in [-0.2, -0.15) is 0 Å². The number of amides is 2. The molecule has 0 unspecified atom stereocenters. The summed E-state index contributed by atoms with van der Waals surface area (Å²) in [6.07, 6.45) is -1.49. The van der Waals surface area contributed by atoms with Crippen molar-refractivity contribution in [2.75, 3.05) is 11.9 Å². The minimum atomic E-state index is -1.46. The first-order chi connectivity index (χ1) is 8.90. The number of hydrogen-bond donors (Lipinski definition) is 4. The molecule has 0 spiro atoms. The van der Waals surface area contributed by atoms with Crippen LogP contribution in [0.2, 0.25) is 0 Å². The largest absolute Gasteiger partial charge is 0.479 e. The summed E-state index contributed by atoms with van der Waals surface area (Å²) >= 11 is 0. The molecule has 1 aromatic rings. The number of carbonyl (C=O) groups is 2. The van der Waals surface area contributed by atoms with E-state index in [9.17, 15) is 9.59 Å². The molecule has 0 aliphatic carbocycles. The van der Waals surface area contributed by atoms with E-state index in [0.29, 0.717) is 5.69 Å². The van der Waals surface area contributed by atoms with Crippen LogP contribution in [0, 0.1) is 13.8 Å². The lowest BCUT2D eigenvalue weighted by Gasteiger charge is -2.11. The Bertz CT molecular complexity index is 474. The molecule has 0 saturated heterocycles. The Morgan fingerprint density at radius 1 is 1.32 bits per heavy atom. The highest BCUT2D eigenvalue weighted by Gasteiger charge is 2.12. The Labute approximate surface area is 111 Å². The lowest BCUT2D eigenvalue weighted by atomic mass is 10.1. The number of aryl methyl sites for hydroxylation is 2. The molecular weight excluding hydrogens is 248 g/mol. The van der Waals surface area contributed by atoms with Gasteiger partial charge in [-0.3, -0.25) is 0 Å². The summed E-state index contributed by atoms with van der Waals surface area (Å²) in [5, 5.41) is 22.6. The van der Waals surface area contributed by atoms with Crippen LogP contribution in [-0.4, -0.2) is 34.9 Å². The minimum absolute atomic E-state index is 0.0321. The summed E-state index contributed by atoms with van der Waals surface area (Å²) in [6.45, 7) is 3.94. The topological polar surface area (TPSA) is 98.7 Å². The summed E-state index contributed by atoms with van der Waals surface area (Å²) in [4.78, 5) is 21.9. The number of anilines is 1.